The molecule has 0 aliphatic carbocycles. The van der Waals surface area contributed by atoms with Gasteiger partial charge in [0.2, 0.25) is 0 Å². The van der Waals surface area contributed by atoms with Gasteiger partial charge < -0.3 is 15.1 Å². The summed E-state index contributed by atoms with van der Waals surface area (Å²) in [6.07, 6.45) is 5.25. The molecule has 0 spiro atoms. The summed E-state index contributed by atoms with van der Waals surface area (Å²) >= 11 is 0. The number of nitrogens with one attached hydrogen (secondary N) is 1. The minimum Gasteiger partial charge on any atom is -0.351 e. The number of amides is 2. The Hall–Kier alpha value is -2.86. The van der Waals surface area contributed by atoms with E-state index in [0.29, 0.717) is 5.56 Å². The summed E-state index contributed by atoms with van der Waals surface area (Å²) in [5, 5.41) is 3.25. The minimum atomic E-state index is -0.0334. The van der Waals surface area contributed by atoms with Crippen LogP contribution in [0.5, 0.6) is 0 Å². The second-order valence-electron chi connectivity index (χ2n) is 9.50. The molecular formula is C27H34N4O2. The van der Waals surface area contributed by atoms with Crippen LogP contribution in [-0.4, -0.2) is 60.0 Å². The topological polar surface area (TPSA) is 55.9 Å². The lowest BCUT2D eigenvalue weighted by Gasteiger charge is -2.47. The van der Waals surface area contributed by atoms with Crippen molar-refractivity contribution < 1.29 is 9.59 Å². The standard InChI is InChI=1S/C27H34N4O2/c1-2-30-24-18-21(11-12-23(24)27(33)31-15-7-6-10-25(30)31)26(32)28-22-13-16-29(17-14-22)19-20-8-4-3-5-9-20/h3-5,8-9,11-12,18,22,25H,2,6-7,10,13-17,19H2,1H3,(H,28,32). The molecule has 3 aliphatic rings. The number of anilines is 1. The number of hydrogen-bond acceptors (Lipinski definition) is 4. The Morgan fingerprint density at radius 3 is 2.55 bits per heavy atom. The third-order valence-electron chi connectivity index (χ3n) is 7.40. The zero-order valence-electron chi connectivity index (χ0n) is 19.5. The highest BCUT2D eigenvalue weighted by molar-refractivity contribution is 6.04. The third kappa shape index (κ3) is 4.49. The fourth-order valence-electron chi connectivity index (χ4n) is 5.61. The highest BCUT2D eigenvalue weighted by atomic mass is 16.2. The van der Waals surface area contributed by atoms with Gasteiger partial charge in [-0.3, -0.25) is 14.5 Å². The highest BCUT2D eigenvalue weighted by Gasteiger charge is 2.38. The van der Waals surface area contributed by atoms with Crippen LogP contribution in [0.4, 0.5) is 5.69 Å². The van der Waals surface area contributed by atoms with Gasteiger partial charge >= 0.3 is 0 Å². The van der Waals surface area contributed by atoms with Gasteiger partial charge in [-0.25, -0.2) is 0 Å². The molecule has 0 aromatic heterocycles. The van der Waals surface area contributed by atoms with Gasteiger partial charge in [-0.2, -0.15) is 0 Å². The Kier molecular flexibility index (Phi) is 6.36. The molecule has 3 heterocycles. The zero-order valence-corrected chi connectivity index (χ0v) is 19.5. The van der Waals surface area contributed by atoms with E-state index in [0.717, 1.165) is 76.1 Å². The van der Waals surface area contributed by atoms with Crippen molar-refractivity contribution in [3.8, 4) is 0 Å². The Balaban J connectivity index is 1.23. The van der Waals surface area contributed by atoms with Crippen molar-refractivity contribution in [2.75, 3.05) is 31.1 Å². The van der Waals surface area contributed by atoms with E-state index < -0.39 is 0 Å². The maximum Gasteiger partial charge on any atom is 0.257 e. The summed E-state index contributed by atoms with van der Waals surface area (Å²) in [4.78, 5) is 32.9. The predicted octanol–water partition coefficient (Wildman–Crippen LogP) is 3.87. The third-order valence-corrected chi connectivity index (χ3v) is 7.40. The SMILES string of the molecule is CCN1c2cc(C(=O)NC3CCN(Cc4ccccc4)CC3)ccc2C(=O)N2CCCCC21. The number of carbonyl (C=O) groups excluding carboxylic acids is 2. The zero-order chi connectivity index (χ0) is 22.8. The van der Waals surface area contributed by atoms with Crippen molar-refractivity contribution in [1.82, 2.24) is 15.1 Å². The van der Waals surface area contributed by atoms with Crippen molar-refractivity contribution in [3.05, 3.63) is 65.2 Å². The van der Waals surface area contributed by atoms with Crippen LogP contribution >= 0.6 is 0 Å². The monoisotopic (exact) mass is 446 g/mol. The Morgan fingerprint density at radius 2 is 1.79 bits per heavy atom. The van der Waals surface area contributed by atoms with E-state index >= 15 is 0 Å². The molecule has 2 saturated heterocycles. The predicted molar refractivity (Wildman–Crippen MR) is 130 cm³/mol. The molecule has 2 amide bonds. The molecule has 0 radical (unpaired) electrons. The number of carbonyl (C=O) groups is 2. The number of rotatable bonds is 5. The molecule has 33 heavy (non-hydrogen) atoms. The van der Waals surface area contributed by atoms with Gasteiger partial charge in [0.05, 0.1) is 11.3 Å². The molecule has 174 valence electrons. The summed E-state index contributed by atoms with van der Waals surface area (Å²) in [5.74, 6) is 0.0750. The van der Waals surface area contributed by atoms with Crippen molar-refractivity contribution in [2.45, 2.75) is 57.8 Å². The summed E-state index contributed by atoms with van der Waals surface area (Å²) in [5.41, 5.74) is 3.62. The second kappa shape index (κ2) is 9.56. The van der Waals surface area contributed by atoms with Crippen LogP contribution in [0, 0.1) is 0 Å². The van der Waals surface area contributed by atoms with Crippen LogP contribution in [0.1, 0.15) is 65.3 Å². The van der Waals surface area contributed by atoms with Crippen molar-refractivity contribution in [2.24, 2.45) is 0 Å². The number of benzene rings is 2. The molecule has 2 aromatic rings. The number of hydrogen-bond donors (Lipinski definition) is 1. The molecule has 1 unspecified atom stereocenters. The molecule has 5 rings (SSSR count). The number of nitrogens with zero attached hydrogens (tertiary/aromatic N) is 3. The minimum absolute atomic E-state index is 0.0334. The molecule has 2 aromatic carbocycles. The molecule has 1 N–H and O–H groups in total. The molecule has 6 heteroatoms. The van der Waals surface area contributed by atoms with E-state index in [1.807, 2.05) is 29.2 Å². The lowest BCUT2D eigenvalue weighted by atomic mass is 9.97. The first kappa shape index (κ1) is 22.0. The van der Waals surface area contributed by atoms with Crippen LogP contribution in [0.25, 0.3) is 0 Å². The van der Waals surface area contributed by atoms with E-state index in [1.54, 1.807) is 0 Å². The average molecular weight is 447 g/mol. The summed E-state index contributed by atoms with van der Waals surface area (Å²) in [6.45, 7) is 6.71. The molecule has 0 saturated carbocycles. The maximum absolute atomic E-state index is 13.1. The van der Waals surface area contributed by atoms with Crippen LogP contribution in [0.3, 0.4) is 0 Å². The fourth-order valence-corrected chi connectivity index (χ4v) is 5.61. The van der Waals surface area contributed by atoms with Gasteiger partial charge in [-0.05, 0) is 62.8 Å². The van der Waals surface area contributed by atoms with E-state index in [9.17, 15) is 9.59 Å². The number of likely N-dealkylation sites (tertiary alicyclic amines) is 1. The largest absolute Gasteiger partial charge is 0.351 e. The summed E-state index contributed by atoms with van der Waals surface area (Å²) in [6, 6.07) is 16.3. The van der Waals surface area contributed by atoms with Gasteiger partial charge in [0.1, 0.15) is 6.17 Å². The molecule has 0 bridgehead atoms. The van der Waals surface area contributed by atoms with Crippen LogP contribution in [0.15, 0.2) is 48.5 Å². The van der Waals surface area contributed by atoms with E-state index in [4.69, 9.17) is 0 Å². The molecule has 6 nitrogen and oxygen atoms in total. The van der Waals surface area contributed by atoms with Gasteiger partial charge in [0.25, 0.3) is 11.8 Å². The number of fused-ring (bicyclic) bond motifs is 2. The first-order chi connectivity index (χ1) is 16.1. The van der Waals surface area contributed by atoms with Crippen LogP contribution < -0.4 is 10.2 Å². The van der Waals surface area contributed by atoms with Gasteiger partial charge in [0.15, 0.2) is 0 Å². The molecule has 1 atom stereocenters. The Bertz CT molecular complexity index is 1000. The molecule has 3 aliphatic heterocycles. The van der Waals surface area contributed by atoms with Crippen molar-refractivity contribution in [1.29, 1.82) is 0 Å². The van der Waals surface area contributed by atoms with E-state index in [-0.39, 0.29) is 24.0 Å². The Morgan fingerprint density at radius 1 is 1.00 bits per heavy atom. The lowest BCUT2D eigenvalue weighted by molar-refractivity contribution is 0.0582. The van der Waals surface area contributed by atoms with E-state index in [2.05, 4.69) is 46.3 Å². The lowest BCUT2D eigenvalue weighted by Crippen LogP contribution is -2.57. The summed E-state index contributed by atoms with van der Waals surface area (Å²) in [7, 11) is 0. The fraction of sp³-hybridized carbons (Fsp3) is 0.481. The van der Waals surface area contributed by atoms with Gasteiger partial charge in [-0.15, -0.1) is 0 Å². The quantitative estimate of drug-likeness (QED) is 0.758. The second-order valence-corrected chi connectivity index (χ2v) is 9.50. The smallest absolute Gasteiger partial charge is 0.257 e. The van der Waals surface area contributed by atoms with Crippen molar-refractivity contribution in [3.63, 3.8) is 0 Å². The van der Waals surface area contributed by atoms with Gasteiger partial charge in [-0.1, -0.05) is 30.3 Å². The average Bonchev–Trinajstić information content (AvgIpc) is 2.86. The summed E-state index contributed by atoms with van der Waals surface area (Å²) < 4.78 is 0. The van der Waals surface area contributed by atoms with Crippen molar-refractivity contribution >= 4 is 17.5 Å². The maximum atomic E-state index is 13.1. The Labute approximate surface area is 196 Å². The van der Waals surface area contributed by atoms with Gasteiger partial charge in [0, 0.05) is 44.3 Å². The highest BCUT2D eigenvalue weighted by Crippen LogP contribution is 2.35. The normalized spacial score (nSPS) is 21.5. The number of piperidine rings is 2. The first-order valence-electron chi connectivity index (χ1n) is 12.4. The van der Waals surface area contributed by atoms with Crippen LogP contribution in [0.2, 0.25) is 0 Å². The molecule has 2 fully saturated rings. The van der Waals surface area contributed by atoms with E-state index in [1.165, 1.54) is 5.56 Å². The van der Waals surface area contributed by atoms with Crippen LogP contribution in [-0.2, 0) is 6.54 Å². The first-order valence-corrected chi connectivity index (χ1v) is 12.4. The molecular weight excluding hydrogens is 412 g/mol.